The van der Waals surface area contributed by atoms with Crippen LogP contribution >= 0.6 is 0 Å². The normalized spacial score (nSPS) is 10.9. The molecule has 1 aromatic heterocycles. The second-order valence-corrected chi connectivity index (χ2v) is 5.30. The number of aromatic nitrogens is 1. The lowest BCUT2D eigenvalue weighted by atomic mass is 10.2. The van der Waals surface area contributed by atoms with Crippen LogP contribution in [0.5, 0.6) is 0 Å². The molecule has 0 saturated carbocycles. The van der Waals surface area contributed by atoms with E-state index >= 15 is 0 Å². The molecule has 2 aromatic rings. The first kappa shape index (κ1) is 13.2. The van der Waals surface area contributed by atoms with E-state index in [1.54, 1.807) is 30.3 Å². The minimum Gasteiger partial charge on any atom is -0.273 e. The van der Waals surface area contributed by atoms with Crippen LogP contribution in [-0.2, 0) is 10.0 Å². The Labute approximate surface area is 110 Å². The summed E-state index contributed by atoms with van der Waals surface area (Å²) in [6, 6.07) is 11.2. The Morgan fingerprint density at radius 3 is 2.42 bits per heavy atom. The van der Waals surface area contributed by atoms with Crippen LogP contribution in [0.1, 0.15) is 10.4 Å². The molecule has 7 heteroatoms. The summed E-state index contributed by atoms with van der Waals surface area (Å²) in [7, 11) is -3.81. The first-order valence-electron chi connectivity index (χ1n) is 5.37. The molecule has 0 radical (unpaired) electrons. The summed E-state index contributed by atoms with van der Waals surface area (Å²) >= 11 is 0. The molecule has 0 aliphatic carbocycles. The van der Waals surface area contributed by atoms with Gasteiger partial charge in [0.25, 0.3) is 15.9 Å². The lowest BCUT2D eigenvalue weighted by Gasteiger charge is -2.07. The van der Waals surface area contributed by atoms with E-state index < -0.39 is 15.9 Å². The van der Waals surface area contributed by atoms with Crippen molar-refractivity contribution < 1.29 is 13.2 Å². The summed E-state index contributed by atoms with van der Waals surface area (Å²) in [6.45, 7) is 0. The van der Waals surface area contributed by atoms with Crippen LogP contribution in [0.15, 0.2) is 59.8 Å². The molecule has 0 spiro atoms. The van der Waals surface area contributed by atoms with Crippen LogP contribution in [0.25, 0.3) is 0 Å². The maximum Gasteiger partial charge on any atom is 0.266 e. The van der Waals surface area contributed by atoms with Crippen molar-refractivity contribution in [1.29, 1.82) is 0 Å². The highest BCUT2D eigenvalue weighted by Crippen LogP contribution is 2.04. The van der Waals surface area contributed by atoms with E-state index in [1.165, 1.54) is 24.5 Å². The molecule has 1 aromatic carbocycles. The van der Waals surface area contributed by atoms with Crippen molar-refractivity contribution in [3.63, 3.8) is 0 Å². The molecular formula is C12H11N3O3S. The van der Waals surface area contributed by atoms with Crippen LogP contribution in [0.2, 0.25) is 0 Å². The minimum absolute atomic E-state index is 0.0247. The number of pyridine rings is 1. The maximum absolute atomic E-state index is 11.8. The van der Waals surface area contributed by atoms with Gasteiger partial charge in [0.15, 0.2) is 0 Å². The standard InChI is InChI=1S/C12H11N3O3S/c16-12(10-5-2-1-3-6-10)14-15-19(17,18)11-7-4-8-13-9-11/h1-9,15H,(H,14,16). The number of hydrogen-bond acceptors (Lipinski definition) is 4. The molecular weight excluding hydrogens is 266 g/mol. The summed E-state index contributed by atoms with van der Waals surface area (Å²) in [4.78, 5) is 17.4. The van der Waals surface area contributed by atoms with Crippen molar-refractivity contribution in [3.05, 3.63) is 60.4 Å². The minimum atomic E-state index is -3.81. The Morgan fingerprint density at radius 2 is 1.79 bits per heavy atom. The largest absolute Gasteiger partial charge is 0.273 e. The van der Waals surface area contributed by atoms with Gasteiger partial charge in [0, 0.05) is 18.0 Å². The molecule has 0 atom stereocenters. The van der Waals surface area contributed by atoms with E-state index in [9.17, 15) is 13.2 Å². The predicted molar refractivity (Wildman–Crippen MR) is 68.5 cm³/mol. The summed E-state index contributed by atoms with van der Waals surface area (Å²) < 4.78 is 23.6. The second-order valence-electron chi connectivity index (χ2n) is 3.61. The first-order valence-corrected chi connectivity index (χ1v) is 6.85. The van der Waals surface area contributed by atoms with Crippen LogP contribution in [-0.4, -0.2) is 19.3 Å². The molecule has 1 heterocycles. The number of nitrogens with zero attached hydrogens (tertiary/aromatic N) is 1. The van der Waals surface area contributed by atoms with E-state index in [0.717, 1.165) is 0 Å². The van der Waals surface area contributed by atoms with Gasteiger partial charge in [-0.2, -0.15) is 0 Å². The van der Waals surface area contributed by atoms with E-state index in [0.29, 0.717) is 5.56 Å². The molecule has 0 aliphatic rings. The third kappa shape index (κ3) is 3.36. The van der Waals surface area contributed by atoms with Crippen molar-refractivity contribution in [2.75, 3.05) is 0 Å². The molecule has 2 N–H and O–H groups in total. The number of amides is 1. The van der Waals surface area contributed by atoms with E-state index in [4.69, 9.17) is 0 Å². The van der Waals surface area contributed by atoms with Crippen LogP contribution < -0.4 is 10.3 Å². The number of hydrazine groups is 1. The number of carbonyl (C=O) groups excluding carboxylic acids is 1. The fraction of sp³-hybridized carbons (Fsp3) is 0. The van der Waals surface area contributed by atoms with Gasteiger partial charge in [0.2, 0.25) is 0 Å². The Balaban J connectivity index is 2.05. The fourth-order valence-corrected chi connectivity index (χ4v) is 2.14. The van der Waals surface area contributed by atoms with Gasteiger partial charge in [-0.05, 0) is 24.3 Å². The second kappa shape index (κ2) is 5.59. The summed E-state index contributed by atoms with van der Waals surface area (Å²) in [5.74, 6) is -0.534. The van der Waals surface area contributed by atoms with Crippen LogP contribution in [0, 0.1) is 0 Å². The lowest BCUT2D eigenvalue weighted by Crippen LogP contribution is -2.41. The highest BCUT2D eigenvalue weighted by molar-refractivity contribution is 7.89. The fourth-order valence-electron chi connectivity index (χ4n) is 1.34. The predicted octanol–water partition coefficient (Wildman–Crippen LogP) is 0.705. The van der Waals surface area contributed by atoms with Gasteiger partial charge >= 0.3 is 0 Å². The Hall–Kier alpha value is -2.25. The molecule has 1 amide bonds. The average molecular weight is 277 g/mol. The topological polar surface area (TPSA) is 88.2 Å². The molecule has 19 heavy (non-hydrogen) atoms. The average Bonchev–Trinajstić information content (AvgIpc) is 2.47. The zero-order chi connectivity index (χ0) is 13.7. The lowest BCUT2D eigenvalue weighted by molar-refractivity contribution is 0.0945. The van der Waals surface area contributed by atoms with Crippen molar-refractivity contribution in [1.82, 2.24) is 15.2 Å². The van der Waals surface area contributed by atoms with E-state index in [2.05, 4.69) is 10.4 Å². The Kier molecular flexibility index (Phi) is 3.88. The Morgan fingerprint density at radius 1 is 1.05 bits per heavy atom. The van der Waals surface area contributed by atoms with Gasteiger partial charge in [-0.15, -0.1) is 4.83 Å². The molecule has 0 bridgehead atoms. The van der Waals surface area contributed by atoms with Crippen molar-refractivity contribution in [3.8, 4) is 0 Å². The number of hydrogen-bond donors (Lipinski definition) is 2. The molecule has 0 aliphatic heterocycles. The summed E-state index contributed by atoms with van der Waals surface area (Å²) in [5.41, 5.74) is 2.49. The maximum atomic E-state index is 11.8. The monoisotopic (exact) mass is 277 g/mol. The highest BCUT2D eigenvalue weighted by Gasteiger charge is 2.15. The molecule has 0 unspecified atom stereocenters. The van der Waals surface area contributed by atoms with Gasteiger partial charge in [-0.25, -0.2) is 8.42 Å². The number of sulfonamides is 1. The highest BCUT2D eigenvalue weighted by atomic mass is 32.2. The van der Waals surface area contributed by atoms with Gasteiger partial charge in [0.1, 0.15) is 4.90 Å². The SMILES string of the molecule is O=C(NNS(=O)(=O)c1cccnc1)c1ccccc1. The number of nitrogens with one attached hydrogen (secondary N) is 2. The third-order valence-corrected chi connectivity index (χ3v) is 3.51. The zero-order valence-corrected chi connectivity index (χ0v) is 10.6. The quantitative estimate of drug-likeness (QED) is 0.805. The number of benzene rings is 1. The van der Waals surface area contributed by atoms with Gasteiger partial charge in [0.05, 0.1) is 0 Å². The van der Waals surface area contributed by atoms with Gasteiger partial charge in [-0.1, -0.05) is 18.2 Å². The molecule has 98 valence electrons. The number of rotatable bonds is 4. The van der Waals surface area contributed by atoms with E-state index in [1.807, 2.05) is 4.83 Å². The van der Waals surface area contributed by atoms with Gasteiger partial charge < -0.3 is 0 Å². The molecule has 2 rings (SSSR count). The summed E-state index contributed by atoms with van der Waals surface area (Å²) in [5, 5.41) is 0. The van der Waals surface area contributed by atoms with E-state index in [-0.39, 0.29) is 4.90 Å². The molecule has 6 nitrogen and oxygen atoms in total. The molecule has 0 saturated heterocycles. The van der Waals surface area contributed by atoms with Crippen molar-refractivity contribution in [2.45, 2.75) is 4.90 Å². The van der Waals surface area contributed by atoms with Crippen molar-refractivity contribution in [2.24, 2.45) is 0 Å². The summed E-state index contributed by atoms with van der Waals surface area (Å²) in [6.07, 6.45) is 2.65. The van der Waals surface area contributed by atoms with Gasteiger partial charge in [-0.3, -0.25) is 15.2 Å². The Bertz CT molecular complexity index is 657. The molecule has 0 fully saturated rings. The van der Waals surface area contributed by atoms with Crippen molar-refractivity contribution >= 4 is 15.9 Å². The third-order valence-electron chi connectivity index (χ3n) is 2.28. The number of carbonyl (C=O) groups is 1. The van der Waals surface area contributed by atoms with Crippen LogP contribution in [0.3, 0.4) is 0 Å². The first-order chi connectivity index (χ1) is 9.09. The zero-order valence-electron chi connectivity index (χ0n) is 9.78. The smallest absolute Gasteiger partial charge is 0.266 e. The van der Waals surface area contributed by atoms with Crippen LogP contribution in [0.4, 0.5) is 0 Å².